The van der Waals surface area contributed by atoms with Crippen LogP contribution in [0.5, 0.6) is 5.75 Å². The van der Waals surface area contributed by atoms with E-state index in [1.807, 2.05) is 0 Å². The van der Waals surface area contributed by atoms with Crippen LogP contribution in [0.3, 0.4) is 0 Å². The molecule has 0 bridgehead atoms. The van der Waals surface area contributed by atoms with Crippen molar-refractivity contribution in [3.63, 3.8) is 0 Å². The fourth-order valence-electron chi connectivity index (χ4n) is 1.15. The van der Waals surface area contributed by atoms with Crippen LogP contribution in [0.2, 0.25) is 0 Å². The van der Waals surface area contributed by atoms with E-state index < -0.39 is 12.7 Å². The lowest BCUT2D eigenvalue weighted by Crippen LogP contribution is -2.03. The topological polar surface area (TPSA) is 87.9 Å². The average molecular weight is 274 g/mol. The summed E-state index contributed by atoms with van der Waals surface area (Å²) in [5, 5.41) is 10.8. The van der Waals surface area contributed by atoms with Crippen molar-refractivity contribution in [3.05, 3.63) is 34.4 Å². The molecule has 1 aromatic carbocycles. The second-order valence-electron chi connectivity index (χ2n) is 3.02. The summed E-state index contributed by atoms with van der Waals surface area (Å²) in [5.74, 6) is -0.177. The van der Waals surface area contributed by atoms with Crippen molar-refractivity contribution < 1.29 is 23.1 Å². The van der Waals surface area contributed by atoms with Gasteiger partial charge in [-0.1, -0.05) is 6.07 Å². The summed E-state index contributed by atoms with van der Waals surface area (Å²) in [5.41, 5.74) is -0.350. The Kier molecular flexibility index (Phi) is 5.27. The van der Waals surface area contributed by atoms with Crippen molar-refractivity contribution in [1.29, 1.82) is 0 Å². The quantitative estimate of drug-likeness (QED) is 0.431. The second-order valence-corrected chi connectivity index (χ2v) is 4.62. The molecule has 0 saturated carbocycles. The van der Waals surface area contributed by atoms with E-state index in [0.29, 0.717) is 0 Å². The van der Waals surface area contributed by atoms with Gasteiger partial charge < -0.3 is 4.52 Å². The predicted octanol–water partition coefficient (Wildman–Crippen LogP) is 2.95. The van der Waals surface area contributed by atoms with Gasteiger partial charge in [-0.25, -0.2) is 4.57 Å². The molecule has 8 heteroatoms. The number of nitro groups is 1. The molecule has 1 rings (SSSR count). The first-order valence-electron chi connectivity index (χ1n) is 5.25. The van der Waals surface area contributed by atoms with Crippen molar-refractivity contribution in [1.82, 2.24) is 0 Å². The summed E-state index contributed by atoms with van der Waals surface area (Å²) < 4.78 is 26.9. The fraction of sp³-hybridized carbons (Fsp3) is 0.400. The Balaban J connectivity index is 3.01. The molecule has 1 radical (unpaired) electrons. The molecule has 0 saturated heterocycles. The number of phosphoric acid groups is 1. The Bertz CT molecular complexity index is 453. The van der Waals surface area contributed by atoms with Gasteiger partial charge >= 0.3 is 13.5 Å². The summed E-state index contributed by atoms with van der Waals surface area (Å²) >= 11 is 0. The molecule has 0 aliphatic heterocycles. The van der Waals surface area contributed by atoms with Gasteiger partial charge in [0.15, 0.2) is 0 Å². The normalized spacial score (nSPS) is 11.2. The molecule has 1 aromatic rings. The Hall–Kier alpha value is -1.43. The number of nitrogens with zero attached hydrogens (tertiary/aromatic N) is 1. The molecule has 0 aliphatic carbocycles. The van der Waals surface area contributed by atoms with E-state index in [1.165, 1.54) is 12.1 Å². The molecule has 0 amide bonds. The van der Waals surface area contributed by atoms with Crippen molar-refractivity contribution in [2.24, 2.45) is 0 Å². The van der Waals surface area contributed by atoms with Gasteiger partial charge in [0.2, 0.25) is 5.75 Å². The van der Waals surface area contributed by atoms with Crippen molar-refractivity contribution in [2.75, 3.05) is 13.2 Å². The molecule has 0 heterocycles. The van der Waals surface area contributed by atoms with Crippen LogP contribution in [0.25, 0.3) is 0 Å². The maximum atomic E-state index is 12.1. The van der Waals surface area contributed by atoms with Crippen LogP contribution >= 0.6 is 7.82 Å². The number of phosphoric ester groups is 1. The van der Waals surface area contributed by atoms with Gasteiger partial charge in [-0.3, -0.25) is 19.2 Å². The number of hydrogen-bond acceptors (Lipinski definition) is 6. The molecule has 0 fully saturated rings. The molecule has 0 aliphatic rings. The minimum atomic E-state index is -3.83. The SMILES string of the molecule is CCOP(=O)(OCC)Oc1cc[c]cc1[N+](=O)[O-]. The van der Waals surface area contributed by atoms with Crippen molar-refractivity contribution in [3.8, 4) is 5.75 Å². The van der Waals surface area contributed by atoms with E-state index in [9.17, 15) is 14.7 Å². The standard InChI is InChI=1S/C10H13NO6P/c1-3-15-18(14,16-4-2)17-10-8-6-5-7-9(10)11(12)13/h6-8H,3-4H2,1-2H3. The van der Waals surface area contributed by atoms with Crippen LogP contribution in [0, 0.1) is 16.2 Å². The first kappa shape index (κ1) is 14.6. The van der Waals surface area contributed by atoms with E-state index in [0.717, 1.165) is 6.07 Å². The number of hydrogen-bond donors (Lipinski definition) is 0. The largest absolute Gasteiger partial charge is 0.530 e. The molecule has 0 atom stereocenters. The molecule has 0 N–H and O–H groups in total. The highest BCUT2D eigenvalue weighted by Crippen LogP contribution is 2.50. The van der Waals surface area contributed by atoms with E-state index in [-0.39, 0.29) is 24.7 Å². The van der Waals surface area contributed by atoms with Gasteiger partial charge in [0.05, 0.1) is 18.1 Å². The van der Waals surface area contributed by atoms with Crippen LogP contribution in [0.1, 0.15) is 13.8 Å². The smallest absolute Gasteiger partial charge is 0.397 e. The third kappa shape index (κ3) is 3.80. The summed E-state index contributed by atoms with van der Waals surface area (Å²) in [6.45, 7) is 3.43. The molecule has 99 valence electrons. The van der Waals surface area contributed by atoms with Crippen LogP contribution in [-0.4, -0.2) is 18.1 Å². The molecular formula is C10H13NO6P. The van der Waals surface area contributed by atoms with E-state index in [4.69, 9.17) is 13.6 Å². The molecule has 18 heavy (non-hydrogen) atoms. The lowest BCUT2D eigenvalue weighted by atomic mass is 10.3. The number of rotatable bonds is 7. The highest BCUT2D eigenvalue weighted by molar-refractivity contribution is 7.48. The van der Waals surface area contributed by atoms with Crippen molar-refractivity contribution >= 4 is 13.5 Å². The van der Waals surface area contributed by atoms with Crippen LogP contribution in [0.15, 0.2) is 18.2 Å². The third-order valence-corrected chi connectivity index (χ3v) is 3.35. The van der Waals surface area contributed by atoms with Gasteiger partial charge in [-0.15, -0.1) is 0 Å². The highest BCUT2D eigenvalue weighted by Gasteiger charge is 2.30. The molecule has 0 aromatic heterocycles. The van der Waals surface area contributed by atoms with Crippen LogP contribution < -0.4 is 4.52 Å². The molecule has 7 nitrogen and oxygen atoms in total. The Morgan fingerprint density at radius 3 is 2.50 bits per heavy atom. The average Bonchev–Trinajstić information content (AvgIpc) is 2.29. The van der Waals surface area contributed by atoms with Gasteiger partial charge in [-0.05, 0) is 26.0 Å². The highest BCUT2D eigenvalue weighted by atomic mass is 31.2. The summed E-state index contributed by atoms with van der Waals surface area (Å²) in [6, 6.07) is 6.35. The van der Waals surface area contributed by atoms with E-state index >= 15 is 0 Å². The van der Waals surface area contributed by atoms with Gasteiger partial charge in [0, 0.05) is 6.07 Å². The monoisotopic (exact) mass is 274 g/mol. The molecular weight excluding hydrogens is 261 g/mol. The second kappa shape index (κ2) is 6.49. The van der Waals surface area contributed by atoms with Gasteiger partial charge in [0.25, 0.3) is 0 Å². The molecule has 0 unspecified atom stereocenters. The zero-order valence-electron chi connectivity index (χ0n) is 9.99. The van der Waals surface area contributed by atoms with Crippen LogP contribution in [-0.2, 0) is 13.6 Å². The fourth-order valence-corrected chi connectivity index (χ4v) is 2.36. The third-order valence-electron chi connectivity index (χ3n) is 1.78. The lowest BCUT2D eigenvalue weighted by Gasteiger charge is -2.16. The van der Waals surface area contributed by atoms with E-state index in [1.54, 1.807) is 13.8 Å². The number of benzene rings is 1. The lowest BCUT2D eigenvalue weighted by molar-refractivity contribution is -0.385. The first-order chi connectivity index (χ1) is 8.52. The van der Waals surface area contributed by atoms with Crippen molar-refractivity contribution in [2.45, 2.75) is 13.8 Å². The summed E-state index contributed by atoms with van der Waals surface area (Å²) in [7, 11) is -3.83. The first-order valence-corrected chi connectivity index (χ1v) is 6.71. The van der Waals surface area contributed by atoms with Gasteiger partial charge in [0.1, 0.15) is 0 Å². The zero-order valence-corrected chi connectivity index (χ0v) is 10.9. The van der Waals surface area contributed by atoms with Gasteiger partial charge in [-0.2, -0.15) is 0 Å². The maximum Gasteiger partial charge on any atom is 0.530 e. The maximum absolute atomic E-state index is 12.1. The zero-order chi connectivity index (χ0) is 13.6. The Labute approximate surface area is 104 Å². The summed E-state index contributed by atoms with van der Waals surface area (Å²) in [4.78, 5) is 10.1. The molecule has 0 spiro atoms. The minimum absolute atomic E-state index is 0.101. The van der Waals surface area contributed by atoms with Crippen LogP contribution in [0.4, 0.5) is 5.69 Å². The predicted molar refractivity (Wildman–Crippen MR) is 63.4 cm³/mol. The Morgan fingerprint density at radius 2 is 2.00 bits per heavy atom. The summed E-state index contributed by atoms with van der Waals surface area (Å²) in [6.07, 6.45) is 0. The Morgan fingerprint density at radius 1 is 1.39 bits per heavy atom. The van der Waals surface area contributed by atoms with E-state index in [2.05, 4.69) is 6.07 Å². The minimum Gasteiger partial charge on any atom is -0.397 e. The number of nitro benzene ring substituents is 1.